The summed E-state index contributed by atoms with van der Waals surface area (Å²) in [5.74, 6) is -0.972. The van der Waals surface area contributed by atoms with E-state index < -0.39 is 15.8 Å². The van der Waals surface area contributed by atoms with Gasteiger partial charge in [0.15, 0.2) is 0 Å². The monoisotopic (exact) mass is 447 g/mol. The molecule has 1 saturated heterocycles. The normalized spacial score (nSPS) is 15.2. The van der Waals surface area contributed by atoms with Crippen molar-refractivity contribution in [3.63, 3.8) is 0 Å². The fourth-order valence-corrected chi connectivity index (χ4v) is 4.65. The van der Waals surface area contributed by atoms with Gasteiger partial charge in [-0.25, -0.2) is 12.8 Å². The average Bonchev–Trinajstić information content (AvgIpc) is 2.74. The molecule has 2 amide bonds. The average molecular weight is 448 g/mol. The number of aryl methyl sites for hydroxylation is 1. The predicted octanol–water partition coefficient (Wildman–Crippen LogP) is 2.18. The van der Waals surface area contributed by atoms with Crippen LogP contribution in [0.25, 0.3) is 0 Å². The first-order valence-electron chi connectivity index (χ1n) is 10.0. The van der Waals surface area contributed by atoms with Crippen LogP contribution in [0.2, 0.25) is 0 Å². The minimum absolute atomic E-state index is 0.0446. The summed E-state index contributed by atoms with van der Waals surface area (Å²) < 4.78 is 39.2. The molecule has 1 fully saturated rings. The van der Waals surface area contributed by atoms with Crippen LogP contribution < -0.4 is 5.32 Å². The Bertz CT molecular complexity index is 1050. The lowest BCUT2D eigenvalue weighted by Gasteiger charge is -2.33. The molecule has 0 aliphatic carbocycles. The van der Waals surface area contributed by atoms with Gasteiger partial charge in [0.05, 0.1) is 11.4 Å². The molecule has 1 heterocycles. The van der Waals surface area contributed by atoms with Crippen molar-refractivity contribution in [2.24, 2.45) is 0 Å². The number of piperidine rings is 1. The van der Waals surface area contributed by atoms with Gasteiger partial charge in [-0.3, -0.25) is 9.59 Å². The largest absolute Gasteiger partial charge is 0.349 e. The van der Waals surface area contributed by atoms with Gasteiger partial charge in [-0.15, -0.1) is 0 Å². The maximum absolute atomic E-state index is 13.1. The third kappa shape index (κ3) is 5.48. The number of sulfonamides is 1. The number of hydrogen-bond acceptors (Lipinski definition) is 4. The molecule has 0 unspecified atom stereocenters. The van der Waals surface area contributed by atoms with Crippen LogP contribution in [0, 0.1) is 12.7 Å². The van der Waals surface area contributed by atoms with Crippen molar-refractivity contribution in [2.45, 2.75) is 30.7 Å². The molecule has 0 aromatic heterocycles. The molecule has 0 radical (unpaired) electrons. The Morgan fingerprint density at radius 3 is 2.32 bits per heavy atom. The molecule has 166 valence electrons. The summed E-state index contributed by atoms with van der Waals surface area (Å²) in [6.07, 6.45) is 1.19. The summed E-state index contributed by atoms with van der Waals surface area (Å²) in [4.78, 5) is 26.6. The molecule has 1 aliphatic rings. The van der Waals surface area contributed by atoms with E-state index in [-0.39, 0.29) is 29.3 Å². The van der Waals surface area contributed by atoms with Gasteiger partial charge in [0, 0.05) is 31.7 Å². The van der Waals surface area contributed by atoms with Crippen molar-refractivity contribution in [1.29, 1.82) is 0 Å². The number of nitrogens with one attached hydrogen (secondary N) is 1. The second-order valence-corrected chi connectivity index (χ2v) is 9.70. The lowest BCUT2D eigenvalue weighted by atomic mass is 10.0. The van der Waals surface area contributed by atoms with Crippen LogP contribution >= 0.6 is 0 Å². The molecule has 2 aromatic carbocycles. The summed E-state index contributed by atoms with van der Waals surface area (Å²) >= 11 is 0. The zero-order valence-electron chi connectivity index (χ0n) is 17.5. The number of likely N-dealkylation sites (tertiary alicyclic amines) is 1. The number of hydrogen-bond donors (Lipinski definition) is 1. The number of carbonyl (C=O) groups is 2. The summed E-state index contributed by atoms with van der Waals surface area (Å²) in [6.45, 7) is 2.44. The highest BCUT2D eigenvalue weighted by Crippen LogP contribution is 2.17. The number of likely N-dealkylation sites (N-methyl/N-ethyl adjacent to an activating group) is 1. The fraction of sp³-hybridized carbons (Fsp3) is 0.364. The third-order valence-corrected chi connectivity index (χ3v) is 7.27. The van der Waals surface area contributed by atoms with Crippen molar-refractivity contribution >= 4 is 21.8 Å². The van der Waals surface area contributed by atoms with E-state index in [1.54, 1.807) is 11.0 Å². The van der Waals surface area contributed by atoms with E-state index in [2.05, 4.69) is 5.32 Å². The van der Waals surface area contributed by atoms with E-state index >= 15 is 0 Å². The number of amides is 2. The Morgan fingerprint density at radius 2 is 1.71 bits per heavy atom. The van der Waals surface area contributed by atoms with Gasteiger partial charge in [-0.05, 0) is 55.7 Å². The summed E-state index contributed by atoms with van der Waals surface area (Å²) in [6, 6.07) is 11.8. The Balaban J connectivity index is 1.52. The molecular weight excluding hydrogens is 421 g/mol. The topological polar surface area (TPSA) is 86.8 Å². The standard InChI is InChI=1S/C22H26FN3O4S/c1-16-5-3-4-6-20(16)22(28)24-18-11-13-26(14-12-18)21(27)15-25(2)31(29,30)19-9-7-17(23)8-10-19/h3-10,18H,11-15H2,1-2H3,(H,24,28). The minimum Gasteiger partial charge on any atom is -0.349 e. The van der Waals surface area contributed by atoms with Crippen LogP contribution in [0.15, 0.2) is 53.4 Å². The second-order valence-electron chi connectivity index (χ2n) is 7.66. The third-order valence-electron chi connectivity index (χ3n) is 5.45. The Morgan fingerprint density at radius 1 is 1.10 bits per heavy atom. The number of rotatable bonds is 6. The number of halogens is 1. The minimum atomic E-state index is -3.89. The maximum atomic E-state index is 13.1. The molecule has 7 nitrogen and oxygen atoms in total. The SMILES string of the molecule is Cc1ccccc1C(=O)NC1CCN(C(=O)CN(C)S(=O)(=O)c2ccc(F)cc2)CC1. The van der Waals surface area contributed by atoms with Crippen LogP contribution in [0.5, 0.6) is 0 Å². The van der Waals surface area contributed by atoms with Gasteiger partial charge >= 0.3 is 0 Å². The molecule has 0 saturated carbocycles. The van der Waals surface area contributed by atoms with Crippen molar-refractivity contribution in [3.05, 3.63) is 65.5 Å². The van der Waals surface area contributed by atoms with Crippen molar-refractivity contribution in [1.82, 2.24) is 14.5 Å². The molecule has 0 bridgehead atoms. The Labute approximate surface area is 181 Å². The van der Waals surface area contributed by atoms with E-state index in [0.29, 0.717) is 31.5 Å². The highest BCUT2D eigenvalue weighted by atomic mass is 32.2. The van der Waals surface area contributed by atoms with Gasteiger partial charge in [-0.1, -0.05) is 18.2 Å². The first kappa shape index (κ1) is 22.9. The molecule has 2 aromatic rings. The molecule has 0 atom stereocenters. The molecule has 1 aliphatic heterocycles. The van der Waals surface area contributed by atoms with Gasteiger partial charge in [0.1, 0.15) is 5.82 Å². The van der Waals surface area contributed by atoms with Gasteiger partial charge in [0.25, 0.3) is 5.91 Å². The number of nitrogens with zero attached hydrogens (tertiary/aromatic N) is 2. The molecule has 9 heteroatoms. The summed E-state index contributed by atoms with van der Waals surface area (Å²) in [5.41, 5.74) is 1.53. The lowest BCUT2D eigenvalue weighted by molar-refractivity contribution is -0.132. The van der Waals surface area contributed by atoms with Crippen LogP contribution in [-0.4, -0.2) is 62.2 Å². The van der Waals surface area contributed by atoms with Crippen LogP contribution in [0.4, 0.5) is 4.39 Å². The van der Waals surface area contributed by atoms with E-state index in [4.69, 9.17) is 0 Å². The lowest BCUT2D eigenvalue weighted by Crippen LogP contribution is -2.49. The van der Waals surface area contributed by atoms with Gasteiger partial charge in [-0.2, -0.15) is 4.31 Å². The first-order valence-corrected chi connectivity index (χ1v) is 11.5. The predicted molar refractivity (Wildman–Crippen MR) is 114 cm³/mol. The highest BCUT2D eigenvalue weighted by molar-refractivity contribution is 7.89. The quantitative estimate of drug-likeness (QED) is 0.735. The number of carbonyl (C=O) groups excluding carboxylic acids is 2. The highest BCUT2D eigenvalue weighted by Gasteiger charge is 2.28. The van der Waals surface area contributed by atoms with Crippen molar-refractivity contribution < 1.29 is 22.4 Å². The van der Waals surface area contributed by atoms with E-state index in [1.165, 1.54) is 19.2 Å². The molecule has 3 rings (SSSR count). The second kappa shape index (κ2) is 9.57. The molecule has 31 heavy (non-hydrogen) atoms. The molecule has 0 spiro atoms. The van der Waals surface area contributed by atoms with E-state index in [1.807, 2.05) is 25.1 Å². The summed E-state index contributed by atoms with van der Waals surface area (Å²) in [5, 5.41) is 3.01. The van der Waals surface area contributed by atoms with E-state index in [9.17, 15) is 22.4 Å². The summed E-state index contributed by atoms with van der Waals surface area (Å²) in [7, 11) is -2.56. The van der Waals surface area contributed by atoms with E-state index in [0.717, 1.165) is 22.0 Å². The first-order chi connectivity index (χ1) is 14.7. The zero-order chi connectivity index (χ0) is 22.6. The van der Waals surface area contributed by atoms with Crippen LogP contribution in [0.3, 0.4) is 0 Å². The molecular formula is C22H26FN3O4S. The number of benzene rings is 2. The maximum Gasteiger partial charge on any atom is 0.251 e. The smallest absolute Gasteiger partial charge is 0.251 e. The zero-order valence-corrected chi connectivity index (χ0v) is 18.4. The van der Waals surface area contributed by atoms with Crippen molar-refractivity contribution in [2.75, 3.05) is 26.7 Å². The molecule has 1 N–H and O–H groups in total. The Hall–Kier alpha value is -2.78. The van der Waals surface area contributed by atoms with Crippen LogP contribution in [-0.2, 0) is 14.8 Å². The van der Waals surface area contributed by atoms with Gasteiger partial charge < -0.3 is 10.2 Å². The van der Waals surface area contributed by atoms with Crippen molar-refractivity contribution in [3.8, 4) is 0 Å². The Kier molecular flexibility index (Phi) is 7.07. The fourth-order valence-electron chi connectivity index (χ4n) is 3.53. The van der Waals surface area contributed by atoms with Crippen LogP contribution in [0.1, 0.15) is 28.8 Å². The van der Waals surface area contributed by atoms with Gasteiger partial charge in [0.2, 0.25) is 15.9 Å².